The van der Waals surface area contributed by atoms with Gasteiger partial charge in [0.2, 0.25) is 0 Å². The van der Waals surface area contributed by atoms with Crippen molar-refractivity contribution < 1.29 is 37.7 Å². The SMILES string of the molecule is CCCCCCCCCCCCCCCCCCCCOc1ccc(C(=O)Oc2ccc(C(=O)Oc3cccc(-c4ccc(C(=O)Oc5ccc(C#N)c(F)c5)cc4)c3)cc2)cc1. The van der Waals surface area contributed by atoms with Crippen molar-refractivity contribution in [2.45, 2.75) is 122 Å². The monoisotopic (exact) mass is 853 g/mol. The Hall–Kier alpha value is -6.27. The van der Waals surface area contributed by atoms with E-state index in [0.717, 1.165) is 30.0 Å². The molecule has 0 aromatic heterocycles. The van der Waals surface area contributed by atoms with E-state index in [-0.39, 0.29) is 28.2 Å². The summed E-state index contributed by atoms with van der Waals surface area (Å²) in [5.41, 5.74) is 2.22. The fourth-order valence-corrected chi connectivity index (χ4v) is 7.23. The highest BCUT2D eigenvalue weighted by Crippen LogP contribution is 2.26. The highest BCUT2D eigenvalue weighted by atomic mass is 19.1. The van der Waals surface area contributed by atoms with E-state index in [1.165, 1.54) is 139 Å². The maximum absolute atomic E-state index is 13.9. The Labute approximate surface area is 372 Å². The lowest BCUT2D eigenvalue weighted by molar-refractivity contribution is 0.0723. The molecule has 0 saturated carbocycles. The second-order valence-corrected chi connectivity index (χ2v) is 15.9. The van der Waals surface area contributed by atoms with E-state index < -0.39 is 23.7 Å². The molecule has 0 saturated heterocycles. The van der Waals surface area contributed by atoms with Gasteiger partial charge in [0.25, 0.3) is 0 Å². The van der Waals surface area contributed by atoms with Crippen LogP contribution >= 0.6 is 0 Å². The van der Waals surface area contributed by atoms with Gasteiger partial charge in [-0.1, -0.05) is 140 Å². The predicted molar refractivity (Wildman–Crippen MR) is 245 cm³/mol. The maximum Gasteiger partial charge on any atom is 0.343 e. The van der Waals surface area contributed by atoms with Crippen molar-refractivity contribution in [1.82, 2.24) is 0 Å². The first-order valence-corrected chi connectivity index (χ1v) is 22.7. The molecule has 8 nitrogen and oxygen atoms in total. The molecule has 0 bridgehead atoms. The van der Waals surface area contributed by atoms with Crippen molar-refractivity contribution in [3.8, 4) is 40.2 Å². The molecule has 0 heterocycles. The minimum Gasteiger partial charge on any atom is -0.494 e. The Balaban J connectivity index is 0.942. The number of carbonyl (C=O) groups is 3. The van der Waals surface area contributed by atoms with Crippen LogP contribution in [0, 0.1) is 17.1 Å². The van der Waals surface area contributed by atoms with Gasteiger partial charge in [-0.2, -0.15) is 5.26 Å². The lowest BCUT2D eigenvalue weighted by Crippen LogP contribution is -2.10. The summed E-state index contributed by atoms with van der Waals surface area (Å²) in [5.74, 6) is -1.30. The molecule has 0 aliphatic rings. The number of nitriles is 1. The molecule has 0 amide bonds. The summed E-state index contributed by atoms with van der Waals surface area (Å²) in [6, 6.07) is 31.8. The first kappa shape index (κ1) is 47.8. The largest absolute Gasteiger partial charge is 0.494 e. The van der Waals surface area contributed by atoms with Gasteiger partial charge in [-0.25, -0.2) is 18.8 Å². The highest BCUT2D eigenvalue weighted by Gasteiger charge is 2.14. The molecular formula is C54H60FNO7. The molecule has 63 heavy (non-hydrogen) atoms. The van der Waals surface area contributed by atoms with Gasteiger partial charge in [-0.05, 0) is 102 Å². The number of ether oxygens (including phenoxy) is 4. The molecule has 0 aliphatic carbocycles. The number of rotatable bonds is 27. The van der Waals surface area contributed by atoms with Gasteiger partial charge in [-0.3, -0.25) is 0 Å². The quantitative estimate of drug-likeness (QED) is 0.0292. The molecule has 0 radical (unpaired) electrons. The fraction of sp³-hybridized carbons (Fsp3) is 0.370. The maximum atomic E-state index is 13.9. The van der Waals surface area contributed by atoms with Crippen LogP contribution in [-0.4, -0.2) is 24.5 Å². The van der Waals surface area contributed by atoms with Crippen LogP contribution in [0.25, 0.3) is 11.1 Å². The van der Waals surface area contributed by atoms with Crippen LogP contribution in [0.2, 0.25) is 0 Å². The molecule has 5 aromatic carbocycles. The van der Waals surface area contributed by atoms with Crippen LogP contribution in [-0.2, 0) is 0 Å². The molecule has 0 N–H and O–H groups in total. The number of nitrogens with zero attached hydrogens (tertiary/aromatic N) is 1. The zero-order chi connectivity index (χ0) is 44.5. The van der Waals surface area contributed by atoms with E-state index in [1.54, 1.807) is 72.8 Å². The van der Waals surface area contributed by atoms with E-state index in [9.17, 15) is 18.8 Å². The summed E-state index contributed by atoms with van der Waals surface area (Å²) in [7, 11) is 0. The Morgan fingerprint density at radius 1 is 0.460 bits per heavy atom. The number of hydrogen-bond donors (Lipinski definition) is 0. The third-order valence-electron chi connectivity index (χ3n) is 10.9. The van der Waals surface area contributed by atoms with Crippen molar-refractivity contribution in [3.63, 3.8) is 0 Å². The van der Waals surface area contributed by atoms with Crippen molar-refractivity contribution in [3.05, 3.63) is 143 Å². The summed E-state index contributed by atoms with van der Waals surface area (Å²) in [4.78, 5) is 38.4. The van der Waals surface area contributed by atoms with Gasteiger partial charge in [0.15, 0.2) is 0 Å². The Kier molecular flexibility index (Phi) is 20.4. The van der Waals surface area contributed by atoms with E-state index in [2.05, 4.69) is 6.92 Å². The van der Waals surface area contributed by atoms with Crippen LogP contribution in [0.3, 0.4) is 0 Å². The first-order valence-electron chi connectivity index (χ1n) is 22.7. The molecular weight excluding hydrogens is 794 g/mol. The lowest BCUT2D eigenvalue weighted by Gasteiger charge is -2.09. The number of esters is 3. The number of unbranched alkanes of at least 4 members (excludes halogenated alkanes) is 17. The minimum absolute atomic E-state index is 0.0156. The van der Waals surface area contributed by atoms with Gasteiger partial charge in [0.05, 0.1) is 28.9 Å². The first-order chi connectivity index (χ1) is 30.8. The second kappa shape index (κ2) is 26.9. The Bertz CT molecular complexity index is 2210. The summed E-state index contributed by atoms with van der Waals surface area (Å²) < 4.78 is 36.2. The number of hydrogen-bond acceptors (Lipinski definition) is 8. The molecule has 0 atom stereocenters. The third kappa shape index (κ3) is 16.8. The van der Waals surface area contributed by atoms with Crippen LogP contribution in [0.1, 0.15) is 159 Å². The van der Waals surface area contributed by atoms with Crippen LogP contribution in [0.15, 0.2) is 115 Å². The van der Waals surface area contributed by atoms with Crippen LogP contribution in [0.4, 0.5) is 4.39 Å². The topological polar surface area (TPSA) is 112 Å². The Morgan fingerprint density at radius 2 is 0.873 bits per heavy atom. The average molecular weight is 854 g/mol. The van der Waals surface area contributed by atoms with Gasteiger partial charge in [0, 0.05) is 6.07 Å². The highest BCUT2D eigenvalue weighted by molar-refractivity contribution is 5.93. The minimum atomic E-state index is -0.777. The van der Waals surface area contributed by atoms with Crippen LogP contribution in [0.5, 0.6) is 23.0 Å². The molecule has 0 aliphatic heterocycles. The molecule has 330 valence electrons. The van der Waals surface area contributed by atoms with E-state index in [1.807, 2.05) is 6.07 Å². The van der Waals surface area contributed by atoms with Crippen molar-refractivity contribution >= 4 is 17.9 Å². The normalized spacial score (nSPS) is 10.8. The molecule has 5 aromatic rings. The summed E-state index contributed by atoms with van der Waals surface area (Å²) in [6.45, 7) is 2.92. The molecule has 0 fully saturated rings. The number of halogens is 1. The molecule has 0 unspecified atom stereocenters. The molecule has 5 rings (SSSR count). The summed E-state index contributed by atoms with van der Waals surface area (Å²) in [6.07, 6.45) is 24.1. The van der Waals surface area contributed by atoms with E-state index in [4.69, 9.17) is 24.2 Å². The predicted octanol–water partition coefficient (Wildman–Crippen LogP) is 14.4. The van der Waals surface area contributed by atoms with Crippen molar-refractivity contribution in [2.24, 2.45) is 0 Å². The average Bonchev–Trinajstić information content (AvgIpc) is 3.30. The lowest BCUT2D eigenvalue weighted by atomic mass is 10.0. The van der Waals surface area contributed by atoms with Gasteiger partial charge < -0.3 is 18.9 Å². The number of carbonyl (C=O) groups excluding carboxylic acids is 3. The zero-order valence-corrected chi connectivity index (χ0v) is 36.6. The number of benzene rings is 5. The Morgan fingerprint density at radius 3 is 1.35 bits per heavy atom. The third-order valence-corrected chi connectivity index (χ3v) is 10.9. The fourth-order valence-electron chi connectivity index (χ4n) is 7.23. The van der Waals surface area contributed by atoms with Crippen molar-refractivity contribution in [2.75, 3.05) is 6.61 Å². The summed E-state index contributed by atoms with van der Waals surface area (Å²) >= 11 is 0. The van der Waals surface area contributed by atoms with Crippen LogP contribution < -0.4 is 18.9 Å². The second-order valence-electron chi connectivity index (χ2n) is 15.9. The zero-order valence-electron chi connectivity index (χ0n) is 36.6. The molecule has 0 spiro atoms. The van der Waals surface area contributed by atoms with E-state index >= 15 is 0 Å². The smallest absolute Gasteiger partial charge is 0.343 e. The van der Waals surface area contributed by atoms with E-state index in [0.29, 0.717) is 23.7 Å². The van der Waals surface area contributed by atoms with Gasteiger partial charge in [0.1, 0.15) is 34.9 Å². The van der Waals surface area contributed by atoms with Crippen molar-refractivity contribution in [1.29, 1.82) is 5.26 Å². The van der Waals surface area contributed by atoms with Gasteiger partial charge in [-0.15, -0.1) is 0 Å². The van der Waals surface area contributed by atoms with Gasteiger partial charge >= 0.3 is 17.9 Å². The standard InChI is InChI=1S/C54H60FNO7/c1-2-3-4-5-6-7-8-9-10-11-12-13-14-15-16-17-18-19-37-60-47-32-27-43(28-33-47)52(57)61-48-34-29-44(30-35-48)54(59)62-49-22-20-21-45(38-49)41-23-25-42(26-24-41)53(58)63-50-36-31-46(40-56)51(55)39-50/h20-36,38-39H,2-19,37H2,1H3. The summed E-state index contributed by atoms with van der Waals surface area (Å²) in [5, 5.41) is 8.90. The molecule has 9 heteroatoms.